The zero-order valence-corrected chi connectivity index (χ0v) is 10.1. The van der Waals surface area contributed by atoms with E-state index in [9.17, 15) is 4.79 Å². The van der Waals surface area contributed by atoms with Gasteiger partial charge in [-0.3, -0.25) is 0 Å². The van der Waals surface area contributed by atoms with E-state index in [1.807, 2.05) is 11.8 Å². The fraction of sp³-hybridized carbons (Fsp3) is 0.417. The number of nitrogens with zero attached hydrogens (tertiary/aromatic N) is 1. The van der Waals surface area contributed by atoms with Crippen LogP contribution in [0, 0.1) is 0 Å². The van der Waals surface area contributed by atoms with E-state index in [1.165, 1.54) is 6.07 Å². The molecule has 1 aromatic rings. The van der Waals surface area contributed by atoms with Gasteiger partial charge in [0.1, 0.15) is 0 Å². The molecule has 0 spiro atoms. The quantitative estimate of drug-likeness (QED) is 0.733. The van der Waals surface area contributed by atoms with Gasteiger partial charge >= 0.3 is 5.97 Å². The number of aromatic carboxylic acids is 1. The van der Waals surface area contributed by atoms with Crippen molar-refractivity contribution in [2.45, 2.75) is 6.92 Å². The fourth-order valence-electron chi connectivity index (χ4n) is 1.65. The molecule has 5 heteroatoms. The van der Waals surface area contributed by atoms with E-state index in [-0.39, 0.29) is 5.56 Å². The van der Waals surface area contributed by atoms with Crippen LogP contribution < -0.4 is 10.6 Å². The molecule has 0 saturated carbocycles. The normalized spacial score (nSPS) is 10.2. The molecule has 0 amide bonds. The lowest BCUT2D eigenvalue weighted by Crippen LogP contribution is -2.28. The lowest BCUT2D eigenvalue weighted by atomic mass is 10.1. The predicted molar refractivity (Wildman–Crippen MR) is 67.6 cm³/mol. The average molecular weight is 238 g/mol. The van der Waals surface area contributed by atoms with Gasteiger partial charge in [0.05, 0.1) is 17.9 Å². The summed E-state index contributed by atoms with van der Waals surface area (Å²) in [5.41, 5.74) is 6.95. The van der Waals surface area contributed by atoms with Gasteiger partial charge in [0.25, 0.3) is 0 Å². The summed E-state index contributed by atoms with van der Waals surface area (Å²) in [6.07, 6.45) is 0. The molecule has 0 bridgehead atoms. The van der Waals surface area contributed by atoms with Gasteiger partial charge in [0.2, 0.25) is 0 Å². The van der Waals surface area contributed by atoms with E-state index >= 15 is 0 Å². The van der Waals surface area contributed by atoms with Crippen LogP contribution in [0.3, 0.4) is 0 Å². The van der Waals surface area contributed by atoms with Gasteiger partial charge in [-0.2, -0.15) is 0 Å². The number of ether oxygens (including phenoxy) is 1. The predicted octanol–water partition coefficient (Wildman–Crippen LogP) is 1.44. The first-order valence-electron chi connectivity index (χ1n) is 5.46. The molecule has 0 radical (unpaired) electrons. The molecule has 0 saturated heterocycles. The summed E-state index contributed by atoms with van der Waals surface area (Å²) in [6, 6.07) is 4.92. The van der Waals surface area contributed by atoms with E-state index in [2.05, 4.69) is 0 Å². The lowest BCUT2D eigenvalue weighted by Gasteiger charge is -2.24. The summed E-state index contributed by atoms with van der Waals surface area (Å²) >= 11 is 0. The largest absolute Gasteiger partial charge is 0.478 e. The Morgan fingerprint density at radius 2 is 2.24 bits per heavy atom. The fourth-order valence-corrected chi connectivity index (χ4v) is 1.65. The molecular formula is C12H18N2O3. The number of carboxylic acids is 1. The van der Waals surface area contributed by atoms with E-state index in [0.29, 0.717) is 31.1 Å². The standard InChI is InChI=1S/C12H18N2O3/c1-3-14(6-7-17-2)11-5-4-9(13)8-10(11)12(15)16/h4-5,8H,3,6-7,13H2,1-2H3,(H,15,16). The molecule has 0 aliphatic carbocycles. The summed E-state index contributed by atoms with van der Waals surface area (Å²) < 4.78 is 5.01. The third-order valence-electron chi connectivity index (χ3n) is 2.54. The molecule has 5 nitrogen and oxygen atoms in total. The molecule has 3 N–H and O–H groups in total. The molecule has 1 rings (SSSR count). The van der Waals surface area contributed by atoms with Crippen LogP contribution in [-0.4, -0.2) is 37.9 Å². The van der Waals surface area contributed by atoms with Crippen molar-refractivity contribution in [1.82, 2.24) is 0 Å². The Morgan fingerprint density at radius 3 is 2.76 bits per heavy atom. The Labute approximate surface area is 101 Å². The number of carboxylic acid groups (broad SMARTS) is 1. The molecule has 0 atom stereocenters. The van der Waals surface area contributed by atoms with E-state index in [1.54, 1.807) is 19.2 Å². The molecule has 0 unspecified atom stereocenters. The molecular weight excluding hydrogens is 220 g/mol. The van der Waals surface area contributed by atoms with Crippen molar-refractivity contribution in [2.24, 2.45) is 0 Å². The topological polar surface area (TPSA) is 75.8 Å². The van der Waals surface area contributed by atoms with Crippen molar-refractivity contribution < 1.29 is 14.6 Å². The molecule has 0 heterocycles. The number of rotatable bonds is 6. The van der Waals surface area contributed by atoms with Crippen LogP contribution in [0.25, 0.3) is 0 Å². The average Bonchev–Trinajstić information content (AvgIpc) is 2.31. The second-order valence-electron chi connectivity index (χ2n) is 3.65. The van der Waals surface area contributed by atoms with Crippen molar-refractivity contribution in [2.75, 3.05) is 37.4 Å². The number of benzene rings is 1. The van der Waals surface area contributed by atoms with E-state index in [4.69, 9.17) is 15.6 Å². The van der Waals surface area contributed by atoms with Crippen molar-refractivity contribution in [1.29, 1.82) is 0 Å². The highest BCUT2D eigenvalue weighted by molar-refractivity contribution is 5.95. The first-order chi connectivity index (χ1) is 8.10. The highest BCUT2D eigenvalue weighted by atomic mass is 16.5. The number of hydrogen-bond acceptors (Lipinski definition) is 4. The Hall–Kier alpha value is -1.75. The maximum Gasteiger partial charge on any atom is 0.337 e. The van der Waals surface area contributed by atoms with Gasteiger partial charge in [-0.25, -0.2) is 4.79 Å². The smallest absolute Gasteiger partial charge is 0.337 e. The summed E-state index contributed by atoms with van der Waals surface area (Å²) in [7, 11) is 1.62. The van der Waals surface area contributed by atoms with Crippen molar-refractivity contribution in [3.63, 3.8) is 0 Å². The molecule has 17 heavy (non-hydrogen) atoms. The highest BCUT2D eigenvalue weighted by Crippen LogP contribution is 2.23. The number of nitrogens with two attached hydrogens (primary N) is 1. The van der Waals surface area contributed by atoms with Crippen LogP contribution in [0.15, 0.2) is 18.2 Å². The Kier molecular flexibility index (Phi) is 4.78. The van der Waals surface area contributed by atoms with Gasteiger partial charge in [-0.15, -0.1) is 0 Å². The van der Waals surface area contributed by atoms with Gasteiger partial charge in [-0.05, 0) is 25.1 Å². The second-order valence-corrected chi connectivity index (χ2v) is 3.65. The third kappa shape index (κ3) is 3.35. The zero-order chi connectivity index (χ0) is 12.8. The summed E-state index contributed by atoms with van der Waals surface area (Å²) in [5, 5.41) is 9.15. The van der Waals surface area contributed by atoms with E-state index < -0.39 is 5.97 Å². The summed E-state index contributed by atoms with van der Waals surface area (Å²) in [4.78, 5) is 13.1. The molecule has 0 fully saturated rings. The van der Waals surface area contributed by atoms with Gasteiger partial charge in [0, 0.05) is 25.9 Å². The maximum atomic E-state index is 11.2. The minimum Gasteiger partial charge on any atom is -0.478 e. The minimum atomic E-state index is -0.969. The van der Waals surface area contributed by atoms with E-state index in [0.717, 1.165) is 0 Å². The first-order valence-corrected chi connectivity index (χ1v) is 5.46. The van der Waals surface area contributed by atoms with Crippen LogP contribution >= 0.6 is 0 Å². The monoisotopic (exact) mass is 238 g/mol. The van der Waals surface area contributed by atoms with Crippen LogP contribution in [-0.2, 0) is 4.74 Å². The Bertz CT molecular complexity index is 393. The van der Waals surface area contributed by atoms with Crippen LogP contribution in [0.2, 0.25) is 0 Å². The lowest BCUT2D eigenvalue weighted by molar-refractivity contribution is 0.0697. The van der Waals surface area contributed by atoms with Crippen molar-refractivity contribution in [3.05, 3.63) is 23.8 Å². The van der Waals surface area contributed by atoms with Crippen molar-refractivity contribution >= 4 is 17.3 Å². The number of carbonyl (C=O) groups is 1. The first kappa shape index (κ1) is 13.3. The van der Waals surface area contributed by atoms with Gasteiger partial charge in [0.15, 0.2) is 0 Å². The molecule has 94 valence electrons. The van der Waals surface area contributed by atoms with Gasteiger partial charge in [-0.1, -0.05) is 0 Å². The maximum absolute atomic E-state index is 11.2. The van der Waals surface area contributed by atoms with Crippen LogP contribution in [0.5, 0.6) is 0 Å². The molecule has 0 aromatic heterocycles. The minimum absolute atomic E-state index is 0.225. The molecule has 1 aromatic carbocycles. The number of nitrogen functional groups attached to an aromatic ring is 1. The number of methoxy groups -OCH3 is 1. The highest BCUT2D eigenvalue weighted by Gasteiger charge is 2.15. The number of hydrogen-bond donors (Lipinski definition) is 2. The number of anilines is 2. The summed E-state index contributed by atoms with van der Waals surface area (Å²) in [6.45, 7) is 3.89. The third-order valence-corrected chi connectivity index (χ3v) is 2.54. The second kappa shape index (κ2) is 6.10. The SMILES string of the molecule is CCN(CCOC)c1ccc(N)cc1C(=O)O. The Balaban J connectivity index is 3.05. The van der Waals surface area contributed by atoms with Gasteiger partial charge < -0.3 is 20.5 Å². The van der Waals surface area contributed by atoms with Crippen LogP contribution in [0.4, 0.5) is 11.4 Å². The zero-order valence-electron chi connectivity index (χ0n) is 10.1. The molecule has 0 aliphatic heterocycles. The Morgan fingerprint density at radius 1 is 1.53 bits per heavy atom. The number of likely N-dealkylation sites (N-methyl/N-ethyl adjacent to an activating group) is 1. The molecule has 0 aliphatic rings. The van der Waals surface area contributed by atoms with Crippen LogP contribution in [0.1, 0.15) is 17.3 Å². The van der Waals surface area contributed by atoms with Crippen molar-refractivity contribution in [3.8, 4) is 0 Å². The summed E-state index contributed by atoms with van der Waals surface area (Å²) in [5.74, 6) is -0.969.